The van der Waals surface area contributed by atoms with Gasteiger partial charge in [-0.15, -0.1) is 13.2 Å². The Morgan fingerprint density at radius 3 is 2.34 bits per heavy atom. The Hall–Kier alpha value is -3.49. The van der Waals surface area contributed by atoms with E-state index >= 15 is 0 Å². The molecule has 1 amide bonds. The van der Waals surface area contributed by atoms with Gasteiger partial charge in [-0.25, -0.2) is 0 Å². The summed E-state index contributed by atoms with van der Waals surface area (Å²) in [6.07, 6.45) is 2.86. The third-order valence-corrected chi connectivity index (χ3v) is 4.44. The van der Waals surface area contributed by atoms with Crippen LogP contribution in [0, 0.1) is 6.92 Å². The number of halogens is 3. The van der Waals surface area contributed by atoms with E-state index in [2.05, 4.69) is 9.84 Å². The first kappa shape index (κ1) is 20.2. The zero-order chi connectivity index (χ0) is 21.2. The highest BCUT2D eigenvalue weighted by atomic mass is 19.4. The smallest absolute Gasteiger partial charge is 0.406 e. The number of benzene rings is 1. The van der Waals surface area contributed by atoms with Gasteiger partial charge in [0.1, 0.15) is 5.75 Å². The standard InChI is InChI=1S/C20H19F3N4O2/c1-14-18(8-9-25(14)2)19(15-10-24-26(3)11-15)12-27(13-28)16-4-6-17(7-5-16)29-20(21,22)23/h4-13H,1-3H3. The van der Waals surface area contributed by atoms with Crippen LogP contribution in [0.5, 0.6) is 5.75 Å². The monoisotopic (exact) mass is 404 g/mol. The molecule has 9 heteroatoms. The number of alkyl halides is 3. The lowest BCUT2D eigenvalue weighted by Gasteiger charge is -2.17. The summed E-state index contributed by atoms with van der Waals surface area (Å²) < 4.78 is 44.5. The highest BCUT2D eigenvalue weighted by molar-refractivity contribution is 5.88. The van der Waals surface area contributed by atoms with Gasteiger partial charge >= 0.3 is 6.36 Å². The fraction of sp³-hybridized carbons (Fsp3) is 0.200. The Bertz CT molecular complexity index is 1030. The fourth-order valence-corrected chi connectivity index (χ4v) is 2.88. The van der Waals surface area contributed by atoms with Gasteiger partial charge < -0.3 is 9.30 Å². The lowest BCUT2D eigenvalue weighted by Crippen LogP contribution is -2.17. The van der Waals surface area contributed by atoms with Crippen LogP contribution in [-0.4, -0.2) is 27.1 Å². The minimum atomic E-state index is -4.77. The van der Waals surface area contributed by atoms with Crippen molar-refractivity contribution in [1.29, 1.82) is 0 Å². The van der Waals surface area contributed by atoms with Gasteiger partial charge in [0.25, 0.3) is 0 Å². The molecule has 152 valence electrons. The molecule has 0 saturated heterocycles. The summed E-state index contributed by atoms with van der Waals surface area (Å²) in [5, 5.41) is 4.19. The Balaban J connectivity index is 2.01. The molecule has 0 N–H and O–H groups in total. The van der Waals surface area contributed by atoms with Crippen molar-refractivity contribution in [3.05, 3.63) is 71.9 Å². The molecule has 0 unspecified atom stereocenters. The molecule has 0 radical (unpaired) electrons. The summed E-state index contributed by atoms with van der Waals surface area (Å²) in [4.78, 5) is 13.1. The number of aryl methyl sites for hydroxylation is 2. The number of carbonyl (C=O) groups excluding carboxylic acids is 1. The highest BCUT2D eigenvalue weighted by Gasteiger charge is 2.31. The highest BCUT2D eigenvalue weighted by Crippen LogP contribution is 2.29. The van der Waals surface area contributed by atoms with E-state index in [0.717, 1.165) is 34.5 Å². The van der Waals surface area contributed by atoms with Crippen LogP contribution in [0.1, 0.15) is 16.8 Å². The van der Waals surface area contributed by atoms with Crippen LogP contribution in [-0.2, 0) is 18.9 Å². The Kier molecular flexibility index (Phi) is 5.49. The van der Waals surface area contributed by atoms with Crippen LogP contribution in [0.4, 0.5) is 18.9 Å². The van der Waals surface area contributed by atoms with E-state index < -0.39 is 6.36 Å². The van der Waals surface area contributed by atoms with Gasteiger partial charge in [0.05, 0.1) is 6.20 Å². The van der Waals surface area contributed by atoms with E-state index in [0.29, 0.717) is 12.1 Å². The van der Waals surface area contributed by atoms with Gasteiger partial charge in [-0.05, 0) is 37.3 Å². The maximum Gasteiger partial charge on any atom is 0.573 e. The van der Waals surface area contributed by atoms with Crippen molar-refractivity contribution < 1.29 is 22.7 Å². The molecular weight excluding hydrogens is 385 g/mol. The number of carbonyl (C=O) groups is 1. The summed E-state index contributed by atoms with van der Waals surface area (Å²) in [7, 11) is 3.70. The number of hydrogen-bond acceptors (Lipinski definition) is 3. The molecule has 0 spiro atoms. The van der Waals surface area contributed by atoms with Crippen molar-refractivity contribution in [1.82, 2.24) is 14.3 Å². The average Bonchev–Trinajstić information content (AvgIpc) is 3.22. The lowest BCUT2D eigenvalue weighted by atomic mass is 10.0. The van der Waals surface area contributed by atoms with Crippen molar-refractivity contribution in [2.24, 2.45) is 14.1 Å². The van der Waals surface area contributed by atoms with E-state index in [1.54, 1.807) is 24.1 Å². The molecule has 0 saturated carbocycles. The normalized spacial score (nSPS) is 12.1. The van der Waals surface area contributed by atoms with Crippen molar-refractivity contribution in [2.45, 2.75) is 13.3 Å². The maximum atomic E-state index is 12.3. The minimum absolute atomic E-state index is 0.359. The Morgan fingerprint density at radius 2 is 1.86 bits per heavy atom. The van der Waals surface area contributed by atoms with E-state index in [4.69, 9.17) is 0 Å². The Morgan fingerprint density at radius 1 is 1.17 bits per heavy atom. The lowest BCUT2D eigenvalue weighted by molar-refractivity contribution is -0.274. The summed E-state index contributed by atoms with van der Waals surface area (Å²) in [5.41, 5.74) is 3.83. The van der Waals surface area contributed by atoms with Crippen LogP contribution in [0.2, 0.25) is 0 Å². The van der Waals surface area contributed by atoms with Crippen molar-refractivity contribution in [3.63, 3.8) is 0 Å². The van der Waals surface area contributed by atoms with Gasteiger partial charge in [0.2, 0.25) is 6.41 Å². The molecule has 1 aromatic carbocycles. The summed E-state index contributed by atoms with van der Waals surface area (Å²) in [5.74, 6) is -0.359. The minimum Gasteiger partial charge on any atom is -0.406 e. The number of rotatable bonds is 6. The number of amides is 1. The number of nitrogens with zero attached hydrogens (tertiary/aromatic N) is 4. The largest absolute Gasteiger partial charge is 0.573 e. The second-order valence-electron chi connectivity index (χ2n) is 6.43. The van der Waals surface area contributed by atoms with E-state index in [1.807, 2.05) is 37.0 Å². The summed E-state index contributed by atoms with van der Waals surface area (Å²) in [6.45, 7) is 1.95. The zero-order valence-electron chi connectivity index (χ0n) is 16.0. The quantitative estimate of drug-likeness (QED) is 0.583. The first-order chi connectivity index (χ1) is 13.7. The molecule has 0 bridgehead atoms. The molecule has 0 fully saturated rings. The molecule has 0 atom stereocenters. The number of hydrogen-bond donors (Lipinski definition) is 0. The molecule has 3 rings (SSSR count). The average molecular weight is 404 g/mol. The van der Waals surface area contributed by atoms with Crippen molar-refractivity contribution in [3.8, 4) is 5.75 Å². The van der Waals surface area contributed by atoms with Crippen LogP contribution < -0.4 is 9.64 Å². The van der Waals surface area contributed by atoms with Gasteiger partial charge in [0.15, 0.2) is 0 Å². The summed E-state index contributed by atoms with van der Waals surface area (Å²) >= 11 is 0. The molecule has 3 aromatic rings. The second-order valence-corrected chi connectivity index (χ2v) is 6.43. The molecule has 2 heterocycles. The van der Waals surface area contributed by atoms with E-state index in [-0.39, 0.29) is 5.75 Å². The third-order valence-electron chi connectivity index (χ3n) is 4.44. The second kappa shape index (κ2) is 7.86. The van der Waals surface area contributed by atoms with Crippen LogP contribution >= 0.6 is 0 Å². The van der Waals surface area contributed by atoms with Gasteiger partial charge in [-0.3, -0.25) is 14.4 Å². The predicted molar refractivity (Wildman–Crippen MR) is 102 cm³/mol. The fourth-order valence-electron chi connectivity index (χ4n) is 2.88. The van der Waals surface area contributed by atoms with Gasteiger partial charge in [-0.1, -0.05) is 0 Å². The van der Waals surface area contributed by atoms with Gasteiger partial charge in [0, 0.05) is 60.8 Å². The topological polar surface area (TPSA) is 52.3 Å². The van der Waals surface area contributed by atoms with Crippen LogP contribution in [0.3, 0.4) is 0 Å². The molecular formula is C20H19F3N4O2. The van der Waals surface area contributed by atoms with Crippen LogP contribution in [0.25, 0.3) is 5.57 Å². The molecule has 2 aromatic heterocycles. The molecule has 0 aliphatic rings. The van der Waals surface area contributed by atoms with Crippen molar-refractivity contribution >= 4 is 17.7 Å². The molecule has 6 nitrogen and oxygen atoms in total. The maximum absolute atomic E-state index is 12.3. The van der Waals surface area contributed by atoms with Gasteiger partial charge in [-0.2, -0.15) is 5.10 Å². The van der Waals surface area contributed by atoms with E-state index in [1.165, 1.54) is 17.0 Å². The van der Waals surface area contributed by atoms with Crippen molar-refractivity contribution in [2.75, 3.05) is 4.90 Å². The van der Waals surface area contributed by atoms with Crippen LogP contribution in [0.15, 0.2) is 55.1 Å². The molecule has 0 aliphatic carbocycles. The van der Waals surface area contributed by atoms with E-state index in [9.17, 15) is 18.0 Å². The predicted octanol–water partition coefficient (Wildman–Crippen LogP) is 4.02. The summed E-state index contributed by atoms with van der Waals surface area (Å²) in [6, 6.07) is 7.00. The third kappa shape index (κ3) is 4.68. The number of aromatic nitrogens is 3. The zero-order valence-corrected chi connectivity index (χ0v) is 16.0. The molecule has 0 aliphatic heterocycles. The first-order valence-corrected chi connectivity index (χ1v) is 8.60. The number of ether oxygens (including phenoxy) is 1. The number of anilines is 1. The SMILES string of the molecule is Cc1c(C(=CN(C=O)c2ccc(OC(F)(F)F)cc2)c2cnn(C)c2)ccn1C. The Labute approximate surface area is 165 Å². The first-order valence-electron chi connectivity index (χ1n) is 8.60. The molecule has 29 heavy (non-hydrogen) atoms.